The van der Waals surface area contributed by atoms with Crippen LogP contribution in [0.5, 0.6) is 0 Å². The lowest BCUT2D eigenvalue weighted by molar-refractivity contribution is -0.165. The zero-order chi connectivity index (χ0) is 20.5. The van der Waals surface area contributed by atoms with Crippen molar-refractivity contribution in [3.63, 3.8) is 0 Å². The average Bonchev–Trinajstić information content (AvgIpc) is 2.70. The first-order valence-electron chi connectivity index (χ1n) is 9.28. The maximum Gasteiger partial charge on any atom is 0.321 e. The molecule has 28 heavy (non-hydrogen) atoms. The van der Waals surface area contributed by atoms with Crippen LogP contribution in [0.2, 0.25) is 0 Å². The highest BCUT2D eigenvalue weighted by molar-refractivity contribution is 6.07. The molecule has 0 fully saturated rings. The summed E-state index contributed by atoms with van der Waals surface area (Å²) in [6.45, 7) is 5.05. The molecule has 0 saturated carbocycles. The van der Waals surface area contributed by atoms with Crippen LogP contribution in [-0.4, -0.2) is 31.1 Å². The summed E-state index contributed by atoms with van der Waals surface area (Å²) in [5.41, 5.74) is 1.27. The molecule has 2 aromatic rings. The molecule has 2 aromatic carbocycles. The van der Waals surface area contributed by atoms with Crippen molar-refractivity contribution < 1.29 is 23.9 Å². The Morgan fingerprint density at radius 3 is 1.54 bits per heavy atom. The zero-order valence-corrected chi connectivity index (χ0v) is 16.3. The molecule has 0 heterocycles. The number of rotatable bonds is 8. The lowest BCUT2D eigenvalue weighted by Gasteiger charge is -2.28. The van der Waals surface area contributed by atoms with Crippen LogP contribution in [0, 0.1) is 11.8 Å². The highest BCUT2D eigenvalue weighted by atomic mass is 16.6. The fourth-order valence-electron chi connectivity index (χ4n) is 2.87. The van der Waals surface area contributed by atoms with Gasteiger partial charge in [-0.15, -0.1) is 0 Å². The maximum absolute atomic E-state index is 13.4. The molecule has 0 N–H and O–H groups in total. The fraction of sp³-hybridized carbons (Fsp3) is 0.318. The molecule has 1 unspecified atom stereocenters. The van der Waals surface area contributed by atoms with Crippen LogP contribution >= 0.6 is 0 Å². The lowest BCUT2D eigenvalue weighted by Crippen LogP contribution is -2.42. The highest BCUT2D eigenvalue weighted by Crippen LogP contribution is 2.29. The van der Waals surface area contributed by atoms with Crippen LogP contribution in [0.15, 0.2) is 60.7 Å². The molecule has 0 aliphatic heterocycles. The van der Waals surface area contributed by atoms with Gasteiger partial charge >= 0.3 is 11.9 Å². The molecule has 6 nitrogen and oxygen atoms in total. The Labute approximate surface area is 165 Å². The Hall–Kier alpha value is -3.15. The second kappa shape index (κ2) is 10.3. The van der Waals surface area contributed by atoms with Crippen molar-refractivity contribution in [1.29, 1.82) is 0 Å². The number of amides is 1. The van der Waals surface area contributed by atoms with E-state index in [1.54, 1.807) is 45.0 Å². The van der Waals surface area contributed by atoms with E-state index in [0.29, 0.717) is 11.4 Å². The summed E-state index contributed by atoms with van der Waals surface area (Å²) in [7, 11) is 0. The van der Waals surface area contributed by atoms with Gasteiger partial charge < -0.3 is 9.47 Å². The summed E-state index contributed by atoms with van der Waals surface area (Å²) in [5.74, 6) is -4.23. The topological polar surface area (TPSA) is 72.9 Å². The SMILES string of the molecule is CCOC(=O)C(C(=O)OCC)C(C)C(=O)N(c1ccccc1)c1ccccc1. The van der Waals surface area contributed by atoms with E-state index in [2.05, 4.69) is 0 Å². The number of hydrogen-bond acceptors (Lipinski definition) is 5. The molecule has 0 aliphatic rings. The van der Waals surface area contributed by atoms with Crippen molar-refractivity contribution in [3.8, 4) is 0 Å². The van der Waals surface area contributed by atoms with Gasteiger partial charge in [0.1, 0.15) is 0 Å². The number of nitrogens with zero attached hydrogens (tertiary/aromatic N) is 1. The molecule has 148 valence electrons. The Bertz CT molecular complexity index is 734. The van der Waals surface area contributed by atoms with Gasteiger partial charge in [-0.2, -0.15) is 0 Å². The molecule has 2 rings (SSSR count). The number of carbonyl (C=O) groups is 3. The summed E-state index contributed by atoms with van der Waals surface area (Å²) in [6.07, 6.45) is 0. The van der Waals surface area contributed by atoms with Crippen LogP contribution < -0.4 is 4.90 Å². The predicted octanol–water partition coefficient (Wildman–Crippen LogP) is 3.73. The summed E-state index contributed by atoms with van der Waals surface area (Å²) >= 11 is 0. The van der Waals surface area contributed by atoms with E-state index in [-0.39, 0.29) is 13.2 Å². The molecule has 0 radical (unpaired) electrons. The summed E-state index contributed by atoms with van der Waals surface area (Å²) in [4.78, 5) is 39.7. The second-order valence-electron chi connectivity index (χ2n) is 6.12. The van der Waals surface area contributed by atoms with Gasteiger partial charge in [0.15, 0.2) is 5.92 Å². The van der Waals surface area contributed by atoms with Crippen molar-refractivity contribution in [2.75, 3.05) is 18.1 Å². The first-order valence-corrected chi connectivity index (χ1v) is 9.28. The number of hydrogen-bond donors (Lipinski definition) is 0. The zero-order valence-electron chi connectivity index (χ0n) is 16.3. The van der Waals surface area contributed by atoms with Crippen LogP contribution in [0.1, 0.15) is 20.8 Å². The summed E-state index contributed by atoms with van der Waals surface area (Å²) in [5, 5.41) is 0. The number of esters is 2. The summed E-state index contributed by atoms with van der Waals surface area (Å²) in [6, 6.07) is 18.1. The quantitative estimate of drug-likeness (QED) is 0.513. The Morgan fingerprint density at radius 2 is 1.18 bits per heavy atom. The van der Waals surface area contributed by atoms with E-state index in [1.807, 2.05) is 36.4 Å². The third-order valence-electron chi connectivity index (χ3n) is 4.22. The third kappa shape index (κ3) is 4.97. The molecule has 0 bridgehead atoms. The van der Waals surface area contributed by atoms with Gasteiger partial charge in [-0.3, -0.25) is 19.3 Å². The Balaban J connectivity index is 2.43. The minimum Gasteiger partial charge on any atom is -0.465 e. The monoisotopic (exact) mass is 383 g/mol. The predicted molar refractivity (Wildman–Crippen MR) is 106 cm³/mol. The van der Waals surface area contributed by atoms with E-state index in [1.165, 1.54) is 4.90 Å². The number of para-hydroxylation sites is 2. The van der Waals surface area contributed by atoms with Gasteiger partial charge in [-0.1, -0.05) is 43.3 Å². The standard InChI is InChI=1S/C22H25NO5/c1-4-27-21(25)19(22(26)28-5-2)16(3)20(24)23(17-12-8-6-9-13-17)18-14-10-7-11-15-18/h6-16,19H,4-5H2,1-3H3. The van der Waals surface area contributed by atoms with E-state index < -0.39 is 29.7 Å². The number of anilines is 2. The second-order valence-corrected chi connectivity index (χ2v) is 6.12. The number of benzene rings is 2. The normalized spacial score (nSPS) is 11.6. The maximum atomic E-state index is 13.4. The molecule has 6 heteroatoms. The number of carbonyl (C=O) groups excluding carboxylic acids is 3. The van der Waals surface area contributed by atoms with Crippen molar-refractivity contribution in [2.24, 2.45) is 11.8 Å². The molecule has 1 atom stereocenters. The molecular weight excluding hydrogens is 358 g/mol. The van der Waals surface area contributed by atoms with Gasteiger partial charge in [0.05, 0.1) is 19.1 Å². The molecule has 0 spiro atoms. The van der Waals surface area contributed by atoms with Gasteiger partial charge in [0.2, 0.25) is 5.91 Å². The smallest absolute Gasteiger partial charge is 0.321 e. The van der Waals surface area contributed by atoms with Gasteiger partial charge in [-0.25, -0.2) is 0 Å². The third-order valence-corrected chi connectivity index (χ3v) is 4.22. The van der Waals surface area contributed by atoms with E-state index in [9.17, 15) is 14.4 Å². The molecule has 0 aromatic heterocycles. The van der Waals surface area contributed by atoms with Gasteiger partial charge in [-0.05, 0) is 38.1 Å². The first-order chi connectivity index (χ1) is 13.5. The molecular formula is C22H25NO5. The molecule has 1 amide bonds. The summed E-state index contributed by atoms with van der Waals surface area (Å²) < 4.78 is 10.0. The van der Waals surface area contributed by atoms with Gasteiger partial charge in [0, 0.05) is 11.4 Å². The first kappa shape index (κ1) is 21.2. The molecule has 0 saturated heterocycles. The lowest BCUT2D eigenvalue weighted by atomic mass is 9.92. The van der Waals surface area contributed by atoms with E-state index >= 15 is 0 Å². The van der Waals surface area contributed by atoms with Crippen LogP contribution in [0.4, 0.5) is 11.4 Å². The Kier molecular flexibility index (Phi) is 7.75. The minimum atomic E-state index is -1.33. The highest BCUT2D eigenvalue weighted by Gasteiger charge is 2.41. The Morgan fingerprint density at radius 1 is 0.786 bits per heavy atom. The van der Waals surface area contributed by atoms with Crippen LogP contribution in [-0.2, 0) is 23.9 Å². The number of ether oxygens (including phenoxy) is 2. The average molecular weight is 383 g/mol. The largest absolute Gasteiger partial charge is 0.465 e. The van der Waals surface area contributed by atoms with Crippen molar-refractivity contribution >= 4 is 29.2 Å². The van der Waals surface area contributed by atoms with Crippen LogP contribution in [0.3, 0.4) is 0 Å². The minimum absolute atomic E-state index is 0.108. The van der Waals surface area contributed by atoms with E-state index in [0.717, 1.165) is 0 Å². The van der Waals surface area contributed by atoms with Crippen molar-refractivity contribution in [3.05, 3.63) is 60.7 Å². The fourth-order valence-corrected chi connectivity index (χ4v) is 2.87. The van der Waals surface area contributed by atoms with Crippen molar-refractivity contribution in [2.45, 2.75) is 20.8 Å². The van der Waals surface area contributed by atoms with Gasteiger partial charge in [0.25, 0.3) is 0 Å². The van der Waals surface area contributed by atoms with Crippen molar-refractivity contribution in [1.82, 2.24) is 0 Å². The molecule has 0 aliphatic carbocycles. The van der Waals surface area contributed by atoms with E-state index in [4.69, 9.17) is 9.47 Å². The van der Waals surface area contributed by atoms with Crippen LogP contribution in [0.25, 0.3) is 0 Å².